The molecule has 2 unspecified atom stereocenters. The Balaban J connectivity index is 1.53. The molecular weight excluding hydrogens is 410 g/mol. The molecular formula is C26H26ClNO3. The van der Waals surface area contributed by atoms with E-state index in [-0.39, 0.29) is 12.1 Å². The maximum Gasteiger partial charge on any atom is 0.338 e. The number of nitrogens with one attached hydrogen (secondary N) is 1. The van der Waals surface area contributed by atoms with E-state index in [0.717, 1.165) is 41.2 Å². The van der Waals surface area contributed by atoms with Crippen LogP contribution in [0.4, 0.5) is 0 Å². The van der Waals surface area contributed by atoms with Crippen molar-refractivity contribution < 1.29 is 14.3 Å². The van der Waals surface area contributed by atoms with Crippen LogP contribution in [0.2, 0.25) is 5.02 Å². The number of piperidine rings is 1. The molecule has 0 spiro atoms. The molecule has 3 aromatic rings. The first-order valence-electron chi connectivity index (χ1n) is 10.5. The number of benzene rings is 3. The highest BCUT2D eigenvalue weighted by atomic mass is 35.5. The fourth-order valence-electron chi connectivity index (χ4n) is 4.13. The summed E-state index contributed by atoms with van der Waals surface area (Å²) >= 11 is 6.06. The fraction of sp³-hybridized carbons (Fsp3) is 0.269. The molecule has 1 heterocycles. The molecule has 0 aliphatic carbocycles. The van der Waals surface area contributed by atoms with Gasteiger partial charge < -0.3 is 14.8 Å². The van der Waals surface area contributed by atoms with Gasteiger partial charge in [0.2, 0.25) is 0 Å². The predicted octanol–water partition coefficient (Wildman–Crippen LogP) is 5.46. The van der Waals surface area contributed by atoms with Gasteiger partial charge in [-0.25, -0.2) is 4.79 Å². The molecule has 4 nitrogen and oxygen atoms in total. The number of esters is 1. The molecule has 1 aliphatic heterocycles. The molecule has 2 atom stereocenters. The van der Waals surface area contributed by atoms with Crippen molar-refractivity contribution in [2.45, 2.75) is 25.0 Å². The third-order valence-corrected chi connectivity index (χ3v) is 6.01. The minimum absolute atomic E-state index is 0.0466. The maximum atomic E-state index is 12.4. The summed E-state index contributed by atoms with van der Waals surface area (Å²) in [7, 11) is 1.41. The summed E-state index contributed by atoms with van der Waals surface area (Å²) in [5.74, 6) is -0.0405. The Hall–Kier alpha value is -2.66. The number of rotatable bonds is 6. The second kappa shape index (κ2) is 10.1. The molecule has 1 saturated heterocycles. The average Bonchev–Trinajstić information content (AvgIpc) is 2.83. The van der Waals surface area contributed by atoms with Crippen LogP contribution in [0.3, 0.4) is 0 Å². The minimum atomic E-state index is -0.348. The monoisotopic (exact) mass is 435 g/mol. The smallest absolute Gasteiger partial charge is 0.338 e. The Morgan fingerprint density at radius 1 is 1.06 bits per heavy atom. The molecule has 0 bridgehead atoms. The minimum Gasteiger partial charge on any atom is -0.465 e. The van der Waals surface area contributed by atoms with E-state index < -0.39 is 0 Å². The highest BCUT2D eigenvalue weighted by Gasteiger charge is 2.27. The van der Waals surface area contributed by atoms with Crippen LogP contribution in [-0.4, -0.2) is 32.3 Å². The van der Waals surface area contributed by atoms with E-state index in [9.17, 15) is 4.79 Å². The molecule has 0 aromatic heterocycles. The standard InChI is InChI=1S/C26H26ClNO3/c1-30-26(29)24-15-18(7-12-22(24)19-5-3-2-4-6-19)17-31-25-16-28-14-13-23(25)20-8-10-21(27)11-9-20/h2-12,15,23,25,28H,13-14,16-17H2,1H3. The van der Waals surface area contributed by atoms with Crippen molar-refractivity contribution in [3.05, 3.63) is 94.5 Å². The molecule has 4 rings (SSSR count). The first-order valence-corrected chi connectivity index (χ1v) is 10.9. The van der Waals surface area contributed by atoms with Crippen molar-refractivity contribution >= 4 is 17.6 Å². The third-order valence-electron chi connectivity index (χ3n) is 5.76. The number of hydrogen-bond donors (Lipinski definition) is 1. The van der Waals surface area contributed by atoms with Gasteiger partial charge in [0.1, 0.15) is 0 Å². The predicted molar refractivity (Wildman–Crippen MR) is 123 cm³/mol. The zero-order valence-electron chi connectivity index (χ0n) is 17.5. The highest BCUT2D eigenvalue weighted by molar-refractivity contribution is 6.30. The van der Waals surface area contributed by atoms with Crippen LogP contribution in [0.1, 0.15) is 33.8 Å². The van der Waals surface area contributed by atoms with Crippen molar-refractivity contribution in [2.75, 3.05) is 20.2 Å². The lowest BCUT2D eigenvalue weighted by Crippen LogP contribution is -2.40. The van der Waals surface area contributed by atoms with E-state index >= 15 is 0 Å². The SMILES string of the molecule is COC(=O)c1cc(COC2CNCCC2c2ccc(Cl)cc2)ccc1-c1ccccc1. The third kappa shape index (κ3) is 5.16. The van der Waals surface area contributed by atoms with E-state index in [4.69, 9.17) is 21.1 Å². The largest absolute Gasteiger partial charge is 0.465 e. The van der Waals surface area contributed by atoms with Gasteiger partial charge in [-0.1, -0.05) is 66.2 Å². The normalized spacial score (nSPS) is 18.5. The lowest BCUT2D eigenvalue weighted by atomic mass is 9.88. The Bertz CT molecular complexity index is 1020. The second-order valence-electron chi connectivity index (χ2n) is 7.74. The van der Waals surface area contributed by atoms with Crippen LogP contribution in [-0.2, 0) is 16.1 Å². The molecule has 31 heavy (non-hydrogen) atoms. The number of halogens is 1. The topological polar surface area (TPSA) is 47.6 Å². The number of carbonyl (C=O) groups excluding carboxylic acids is 1. The molecule has 1 aliphatic rings. The van der Waals surface area contributed by atoms with Gasteiger partial charge >= 0.3 is 5.97 Å². The number of methoxy groups -OCH3 is 1. The van der Waals surface area contributed by atoms with Crippen molar-refractivity contribution in [1.29, 1.82) is 0 Å². The number of hydrogen-bond acceptors (Lipinski definition) is 4. The van der Waals surface area contributed by atoms with E-state index in [0.29, 0.717) is 18.1 Å². The first-order chi connectivity index (χ1) is 15.2. The van der Waals surface area contributed by atoms with Gasteiger partial charge in [0.05, 0.1) is 25.4 Å². The zero-order valence-corrected chi connectivity index (χ0v) is 18.3. The molecule has 0 amide bonds. The molecule has 1 N–H and O–H groups in total. The zero-order chi connectivity index (χ0) is 21.6. The summed E-state index contributed by atoms with van der Waals surface area (Å²) < 4.78 is 11.4. The summed E-state index contributed by atoms with van der Waals surface area (Å²) in [6.45, 7) is 2.18. The Kier molecular flexibility index (Phi) is 7.03. The first kappa shape index (κ1) is 21.6. The van der Waals surface area contributed by atoms with E-state index in [1.165, 1.54) is 12.7 Å². The summed E-state index contributed by atoms with van der Waals surface area (Å²) in [4.78, 5) is 12.4. The van der Waals surface area contributed by atoms with Gasteiger partial charge in [-0.2, -0.15) is 0 Å². The van der Waals surface area contributed by atoms with Gasteiger partial charge in [0.25, 0.3) is 0 Å². The van der Waals surface area contributed by atoms with Crippen LogP contribution in [0.15, 0.2) is 72.8 Å². The summed E-state index contributed by atoms with van der Waals surface area (Å²) in [6, 6.07) is 23.7. The molecule has 160 valence electrons. The van der Waals surface area contributed by atoms with Crippen LogP contribution >= 0.6 is 11.6 Å². The molecule has 3 aromatic carbocycles. The quantitative estimate of drug-likeness (QED) is 0.522. The van der Waals surface area contributed by atoms with Crippen molar-refractivity contribution in [2.24, 2.45) is 0 Å². The van der Waals surface area contributed by atoms with Crippen molar-refractivity contribution in [1.82, 2.24) is 5.32 Å². The average molecular weight is 436 g/mol. The van der Waals surface area contributed by atoms with E-state index in [2.05, 4.69) is 17.4 Å². The fourth-order valence-corrected chi connectivity index (χ4v) is 4.26. The van der Waals surface area contributed by atoms with E-state index in [1.54, 1.807) is 0 Å². The second-order valence-corrected chi connectivity index (χ2v) is 8.17. The van der Waals surface area contributed by atoms with Crippen LogP contribution in [0, 0.1) is 0 Å². The Morgan fingerprint density at radius 2 is 1.84 bits per heavy atom. The highest BCUT2D eigenvalue weighted by Crippen LogP contribution is 2.30. The van der Waals surface area contributed by atoms with Crippen LogP contribution in [0.5, 0.6) is 0 Å². The van der Waals surface area contributed by atoms with Crippen LogP contribution in [0.25, 0.3) is 11.1 Å². The summed E-state index contributed by atoms with van der Waals surface area (Å²) in [5, 5.41) is 4.17. The summed E-state index contributed by atoms with van der Waals surface area (Å²) in [6.07, 6.45) is 1.05. The number of ether oxygens (including phenoxy) is 2. The van der Waals surface area contributed by atoms with E-state index in [1.807, 2.05) is 60.7 Å². The molecule has 5 heteroatoms. The lowest BCUT2D eigenvalue weighted by molar-refractivity contribution is 0.0106. The number of carbonyl (C=O) groups is 1. The van der Waals surface area contributed by atoms with Crippen molar-refractivity contribution in [3.63, 3.8) is 0 Å². The van der Waals surface area contributed by atoms with Gasteiger partial charge in [-0.05, 0) is 53.4 Å². The van der Waals surface area contributed by atoms with Gasteiger partial charge in [-0.3, -0.25) is 0 Å². The van der Waals surface area contributed by atoms with Gasteiger partial charge in [-0.15, -0.1) is 0 Å². The maximum absolute atomic E-state index is 12.4. The molecule has 0 radical (unpaired) electrons. The Labute approximate surface area is 188 Å². The van der Waals surface area contributed by atoms with Crippen molar-refractivity contribution in [3.8, 4) is 11.1 Å². The summed E-state index contributed by atoms with van der Waals surface area (Å²) in [5.41, 5.74) is 4.57. The lowest BCUT2D eigenvalue weighted by Gasteiger charge is -2.32. The van der Waals surface area contributed by atoms with Gasteiger partial charge in [0, 0.05) is 17.5 Å². The molecule has 1 fully saturated rings. The molecule has 0 saturated carbocycles. The van der Waals surface area contributed by atoms with Gasteiger partial charge in [0.15, 0.2) is 0 Å². The Morgan fingerprint density at radius 3 is 2.58 bits per heavy atom. The van der Waals surface area contributed by atoms with Crippen LogP contribution < -0.4 is 5.32 Å².